The van der Waals surface area contributed by atoms with Crippen molar-refractivity contribution < 1.29 is 13.2 Å². The number of nitrogens with zero attached hydrogens (tertiary/aromatic N) is 2. The zero-order chi connectivity index (χ0) is 18.2. The van der Waals surface area contributed by atoms with Gasteiger partial charge in [-0.25, -0.2) is 13.2 Å². The second kappa shape index (κ2) is 6.69. The highest BCUT2D eigenvalue weighted by Crippen LogP contribution is 2.39. The predicted octanol–water partition coefficient (Wildman–Crippen LogP) is 4.58. The van der Waals surface area contributed by atoms with Gasteiger partial charge in [0.25, 0.3) is 10.0 Å². The third kappa shape index (κ3) is 3.00. The Morgan fingerprint density at radius 2 is 1.80 bits per heavy atom. The fourth-order valence-electron chi connectivity index (χ4n) is 2.88. The molecule has 2 aromatic rings. The summed E-state index contributed by atoms with van der Waals surface area (Å²) in [5.74, 6) is 0. The fourth-order valence-corrected chi connectivity index (χ4v) is 4.69. The quantitative estimate of drug-likeness (QED) is 0.782. The first-order valence-electron chi connectivity index (χ1n) is 8.10. The minimum Gasteiger partial charge on any atom is -0.292 e. The maximum absolute atomic E-state index is 13.1. The van der Waals surface area contributed by atoms with Crippen molar-refractivity contribution in [1.29, 1.82) is 0 Å². The van der Waals surface area contributed by atoms with Crippen LogP contribution in [0, 0.1) is 6.92 Å². The summed E-state index contributed by atoms with van der Waals surface area (Å²) in [6, 6.07) is 10.9. The first-order chi connectivity index (χ1) is 11.9. The molecule has 2 amide bonds. The van der Waals surface area contributed by atoms with E-state index >= 15 is 0 Å². The maximum atomic E-state index is 13.1. The number of benzene rings is 2. The van der Waals surface area contributed by atoms with Gasteiger partial charge < -0.3 is 0 Å². The van der Waals surface area contributed by atoms with E-state index in [0.29, 0.717) is 22.8 Å². The van der Waals surface area contributed by atoms with Crippen molar-refractivity contribution in [2.24, 2.45) is 0 Å². The van der Waals surface area contributed by atoms with Gasteiger partial charge in [-0.3, -0.25) is 4.90 Å². The maximum Gasteiger partial charge on any atom is 0.343 e. The van der Waals surface area contributed by atoms with E-state index in [2.05, 4.69) is 0 Å². The van der Waals surface area contributed by atoms with Crippen LogP contribution in [0.5, 0.6) is 0 Å². The molecule has 0 radical (unpaired) electrons. The molecule has 2 aromatic carbocycles. The molecule has 1 aliphatic heterocycles. The zero-order valence-corrected chi connectivity index (χ0v) is 15.6. The Morgan fingerprint density at radius 1 is 1.08 bits per heavy atom. The van der Waals surface area contributed by atoms with Crippen molar-refractivity contribution in [2.45, 2.75) is 31.6 Å². The Hall–Kier alpha value is -2.05. The topological polar surface area (TPSA) is 57.7 Å². The summed E-state index contributed by atoms with van der Waals surface area (Å²) in [6.07, 6.45) is 1.68. The van der Waals surface area contributed by atoms with Gasteiger partial charge in [0.2, 0.25) is 0 Å². The Balaban J connectivity index is 2.23. The number of anilines is 2. The van der Waals surface area contributed by atoms with Gasteiger partial charge in [0.1, 0.15) is 4.90 Å². The molecule has 132 valence electrons. The van der Waals surface area contributed by atoms with Crippen molar-refractivity contribution in [1.82, 2.24) is 0 Å². The van der Waals surface area contributed by atoms with E-state index in [1.54, 1.807) is 37.3 Å². The summed E-state index contributed by atoms with van der Waals surface area (Å²) >= 11 is 6.05. The summed E-state index contributed by atoms with van der Waals surface area (Å²) in [6.45, 7) is 4.24. The molecular formula is C18H19ClN2O3S. The molecule has 0 saturated carbocycles. The van der Waals surface area contributed by atoms with Crippen LogP contribution in [-0.4, -0.2) is 21.0 Å². The van der Waals surface area contributed by atoms with Crippen LogP contribution in [0.25, 0.3) is 0 Å². The first-order valence-corrected chi connectivity index (χ1v) is 9.91. The molecule has 1 heterocycles. The van der Waals surface area contributed by atoms with Gasteiger partial charge >= 0.3 is 6.03 Å². The number of sulfonamides is 1. The number of para-hydroxylation sites is 1. The van der Waals surface area contributed by atoms with Crippen molar-refractivity contribution >= 4 is 39.0 Å². The van der Waals surface area contributed by atoms with Gasteiger partial charge in [0.05, 0.1) is 11.4 Å². The molecule has 0 spiro atoms. The number of aryl methyl sites for hydroxylation is 1. The van der Waals surface area contributed by atoms with Crippen LogP contribution in [0.1, 0.15) is 25.3 Å². The zero-order valence-electron chi connectivity index (χ0n) is 14.1. The number of halogens is 1. The smallest absolute Gasteiger partial charge is 0.292 e. The summed E-state index contributed by atoms with van der Waals surface area (Å²) in [5.41, 5.74) is 1.38. The van der Waals surface area contributed by atoms with E-state index < -0.39 is 16.1 Å². The van der Waals surface area contributed by atoms with Crippen molar-refractivity contribution in [3.8, 4) is 0 Å². The predicted molar refractivity (Wildman–Crippen MR) is 99.9 cm³/mol. The van der Waals surface area contributed by atoms with E-state index in [4.69, 9.17) is 11.6 Å². The first kappa shape index (κ1) is 17.8. The lowest BCUT2D eigenvalue weighted by Crippen LogP contribution is -2.51. The molecule has 1 aliphatic rings. The summed E-state index contributed by atoms with van der Waals surface area (Å²) in [7, 11) is -4.00. The van der Waals surface area contributed by atoms with E-state index in [0.717, 1.165) is 17.1 Å². The van der Waals surface area contributed by atoms with Crippen molar-refractivity contribution in [3.63, 3.8) is 0 Å². The third-order valence-corrected chi connectivity index (χ3v) is 6.17. The minimum atomic E-state index is -4.00. The van der Waals surface area contributed by atoms with Gasteiger partial charge in [0.15, 0.2) is 0 Å². The van der Waals surface area contributed by atoms with Gasteiger partial charge in [0, 0.05) is 11.6 Å². The fraction of sp³-hybridized carbons (Fsp3) is 0.278. The number of hydrogen-bond acceptors (Lipinski definition) is 3. The number of hydrogen-bond donors (Lipinski definition) is 0. The van der Waals surface area contributed by atoms with Gasteiger partial charge in [-0.15, -0.1) is 0 Å². The van der Waals surface area contributed by atoms with Crippen LogP contribution >= 0.6 is 11.6 Å². The molecule has 3 rings (SSSR count). The Morgan fingerprint density at radius 3 is 2.52 bits per heavy atom. The number of rotatable bonds is 4. The number of fused-ring (bicyclic) bond motifs is 1. The summed E-state index contributed by atoms with van der Waals surface area (Å²) < 4.78 is 27.1. The molecule has 0 fully saturated rings. The lowest BCUT2D eigenvalue weighted by molar-refractivity contribution is 0.253. The Bertz CT molecular complexity index is 928. The lowest BCUT2D eigenvalue weighted by atomic mass is 10.2. The monoisotopic (exact) mass is 378 g/mol. The lowest BCUT2D eigenvalue weighted by Gasteiger charge is -2.36. The molecular weight excluding hydrogens is 360 g/mol. The van der Waals surface area contributed by atoms with Gasteiger partial charge in [-0.1, -0.05) is 43.1 Å². The molecule has 0 aromatic heterocycles. The number of urea groups is 1. The molecule has 0 saturated heterocycles. The molecule has 25 heavy (non-hydrogen) atoms. The highest BCUT2D eigenvalue weighted by molar-refractivity contribution is 7.94. The van der Waals surface area contributed by atoms with Crippen LogP contribution in [0.15, 0.2) is 47.4 Å². The Labute approximate surface area is 152 Å². The number of carbonyl (C=O) groups is 1. The average Bonchev–Trinajstić information content (AvgIpc) is 2.58. The molecule has 7 heteroatoms. The van der Waals surface area contributed by atoms with Gasteiger partial charge in [-0.2, -0.15) is 4.31 Å². The molecule has 0 bridgehead atoms. The molecule has 0 unspecified atom stereocenters. The van der Waals surface area contributed by atoms with Gasteiger partial charge in [-0.05, 0) is 43.2 Å². The second-order valence-electron chi connectivity index (χ2n) is 5.96. The average molecular weight is 379 g/mol. The van der Waals surface area contributed by atoms with E-state index in [1.165, 1.54) is 17.0 Å². The van der Waals surface area contributed by atoms with E-state index in [9.17, 15) is 13.2 Å². The highest BCUT2D eigenvalue weighted by Gasteiger charge is 2.42. The normalized spacial score (nSPS) is 16.0. The molecule has 0 N–H and O–H groups in total. The second-order valence-corrected chi connectivity index (χ2v) is 8.15. The van der Waals surface area contributed by atoms with Crippen molar-refractivity contribution in [2.75, 3.05) is 15.7 Å². The summed E-state index contributed by atoms with van der Waals surface area (Å²) in [5, 5.41) is 0.377. The standard InChI is InChI=1S/C18H19ClN2O3S/c1-3-4-11-20-15-7-5-6-8-17(15)25(23,24)21(18(20)22)16-12-14(19)10-9-13(16)2/h5-10,12H,3-4,11H2,1-2H3. The minimum absolute atomic E-state index is 0.130. The summed E-state index contributed by atoms with van der Waals surface area (Å²) in [4.78, 5) is 14.8. The van der Waals surface area contributed by atoms with Crippen LogP contribution in [0.3, 0.4) is 0 Å². The van der Waals surface area contributed by atoms with Crippen molar-refractivity contribution in [3.05, 3.63) is 53.1 Å². The van der Waals surface area contributed by atoms with Crippen LogP contribution in [-0.2, 0) is 10.0 Å². The SMILES string of the molecule is CCCCN1C(=O)N(c2cc(Cl)ccc2C)S(=O)(=O)c2ccccc21. The third-order valence-electron chi connectivity index (χ3n) is 4.20. The van der Waals surface area contributed by atoms with E-state index in [1.807, 2.05) is 6.92 Å². The highest BCUT2D eigenvalue weighted by atomic mass is 35.5. The number of carbonyl (C=O) groups excluding carboxylic acids is 1. The number of amides is 2. The van der Waals surface area contributed by atoms with Crippen LogP contribution < -0.4 is 9.21 Å². The molecule has 5 nitrogen and oxygen atoms in total. The number of unbranched alkanes of at least 4 members (excludes halogenated alkanes) is 1. The van der Waals surface area contributed by atoms with E-state index in [-0.39, 0.29) is 10.6 Å². The molecule has 0 atom stereocenters. The molecule has 0 aliphatic carbocycles. The largest absolute Gasteiger partial charge is 0.343 e. The van der Waals surface area contributed by atoms with Crippen LogP contribution in [0.2, 0.25) is 5.02 Å². The van der Waals surface area contributed by atoms with Crippen LogP contribution in [0.4, 0.5) is 16.2 Å². The Kier molecular flexibility index (Phi) is 4.75.